The van der Waals surface area contributed by atoms with Crippen molar-refractivity contribution in [1.82, 2.24) is 9.97 Å². The Bertz CT molecular complexity index is 226. The topological polar surface area (TPSA) is 42.9 Å². The summed E-state index contributed by atoms with van der Waals surface area (Å²) < 4.78 is 12.0. The van der Waals surface area contributed by atoms with Crippen LogP contribution in [0.5, 0.6) is 0 Å². The van der Waals surface area contributed by atoms with Gasteiger partial charge in [0.05, 0.1) is 0 Å². The van der Waals surface area contributed by atoms with Gasteiger partial charge in [-0.1, -0.05) is 0 Å². The van der Waals surface area contributed by atoms with Crippen molar-refractivity contribution in [2.24, 2.45) is 0 Å². The second-order valence-corrected chi connectivity index (χ2v) is 1.37. The van der Waals surface area contributed by atoms with E-state index in [1.807, 2.05) is 0 Å². The van der Waals surface area contributed by atoms with Gasteiger partial charge in [0.1, 0.15) is 5.69 Å². The monoisotopic (exact) mass is 126 g/mol. The predicted molar refractivity (Wildman–Crippen MR) is 27.4 cm³/mol. The Morgan fingerprint density at radius 2 is 2.44 bits per heavy atom. The fourth-order valence-electron chi connectivity index (χ4n) is 0.413. The highest BCUT2D eigenvalue weighted by Crippen LogP contribution is 1.88. The van der Waals surface area contributed by atoms with Crippen LogP contribution in [0.25, 0.3) is 0 Å². The molecule has 0 aliphatic rings. The van der Waals surface area contributed by atoms with Crippen molar-refractivity contribution in [3.8, 4) is 0 Å². The Labute approximate surface area is 50.6 Å². The lowest BCUT2D eigenvalue weighted by molar-refractivity contribution is 0.111. The van der Waals surface area contributed by atoms with Crippen LogP contribution in [0.3, 0.4) is 0 Å². The van der Waals surface area contributed by atoms with E-state index in [0.717, 1.165) is 0 Å². The van der Waals surface area contributed by atoms with Crippen molar-refractivity contribution in [2.45, 2.75) is 0 Å². The molecule has 0 atom stereocenters. The average Bonchev–Trinajstić information content (AvgIpc) is 1.88. The van der Waals surface area contributed by atoms with Crippen molar-refractivity contribution in [3.63, 3.8) is 0 Å². The zero-order valence-corrected chi connectivity index (χ0v) is 4.41. The van der Waals surface area contributed by atoms with E-state index in [1.165, 1.54) is 12.3 Å². The highest BCUT2D eigenvalue weighted by Gasteiger charge is 1.92. The first-order valence-electron chi connectivity index (χ1n) is 2.26. The molecule has 1 rings (SSSR count). The van der Waals surface area contributed by atoms with Crippen LogP contribution in [0.2, 0.25) is 0 Å². The quantitative estimate of drug-likeness (QED) is 0.404. The van der Waals surface area contributed by atoms with E-state index in [9.17, 15) is 9.18 Å². The number of nitrogens with zero attached hydrogens (tertiary/aromatic N) is 2. The summed E-state index contributed by atoms with van der Waals surface area (Å²) in [6.45, 7) is 0. The maximum Gasteiger partial charge on any atom is 0.309 e. The molecule has 0 unspecified atom stereocenters. The predicted octanol–water partition coefficient (Wildman–Crippen LogP) is 0.428. The Morgan fingerprint density at radius 3 is 2.89 bits per heavy atom. The summed E-state index contributed by atoms with van der Waals surface area (Å²) >= 11 is 0. The van der Waals surface area contributed by atoms with Crippen molar-refractivity contribution in [2.75, 3.05) is 0 Å². The number of aldehydes is 1. The average molecular weight is 126 g/mol. The third-order valence-electron chi connectivity index (χ3n) is 0.768. The standard InChI is InChI=1S/C5H3FN2O/c6-5-7-2-1-4(3-9)8-5/h1-3H. The number of aromatic nitrogens is 2. The van der Waals surface area contributed by atoms with E-state index < -0.39 is 6.08 Å². The van der Waals surface area contributed by atoms with Crippen LogP contribution in [0.15, 0.2) is 12.3 Å². The van der Waals surface area contributed by atoms with Crippen LogP contribution in [0, 0.1) is 6.08 Å². The molecule has 3 nitrogen and oxygen atoms in total. The minimum absolute atomic E-state index is 0.0579. The van der Waals surface area contributed by atoms with Gasteiger partial charge in [0, 0.05) is 6.20 Å². The summed E-state index contributed by atoms with van der Waals surface area (Å²) in [6, 6.07) is 1.33. The SMILES string of the molecule is O=Cc1ccnc(F)n1. The fourth-order valence-corrected chi connectivity index (χ4v) is 0.413. The number of hydrogen-bond donors (Lipinski definition) is 0. The van der Waals surface area contributed by atoms with Gasteiger partial charge in [0.15, 0.2) is 6.29 Å². The Kier molecular flexibility index (Phi) is 1.48. The summed E-state index contributed by atoms with van der Waals surface area (Å²) in [6.07, 6.45) is 0.774. The van der Waals surface area contributed by atoms with Gasteiger partial charge < -0.3 is 0 Å². The molecule has 1 aromatic heterocycles. The van der Waals surface area contributed by atoms with E-state index >= 15 is 0 Å². The van der Waals surface area contributed by atoms with Crippen LogP contribution >= 0.6 is 0 Å². The van der Waals surface area contributed by atoms with Gasteiger partial charge in [-0.3, -0.25) is 4.79 Å². The normalized spacial score (nSPS) is 9.00. The van der Waals surface area contributed by atoms with Gasteiger partial charge in [-0.15, -0.1) is 0 Å². The minimum Gasteiger partial charge on any atom is -0.296 e. The lowest BCUT2D eigenvalue weighted by Gasteiger charge is -1.85. The largest absolute Gasteiger partial charge is 0.309 e. The van der Waals surface area contributed by atoms with Gasteiger partial charge in [0.2, 0.25) is 0 Å². The van der Waals surface area contributed by atoms with Crippen molar-refractivity contribution in [1.29, 1.82) is 0 Å². The van der Waals surface area contributed by atoms with Crippen molar-refractivity contribution >= 4 is 6.29 Å². The molecule has 0 saturated heterocycles. The Morgan fingerprint density at radius 1 is 1.67 bits per heavy atom. The van der Waals surface area contributed by atoms with Gasteiger partial charge in [0.25, 0.3) is 0 Å². The highest BCUT2D eigenvalue weighted by molar-refractivity contribution is 5.70. The third kappa shape index (κ3) is 1.28. The summed E-state index contributed by atoms with van der Waals surface area (Å²) in [5.74, 6) is 0. The Balaban J connectivity index is 3.07. The van der Waals surface area contributed by atoms with Gasteiger partial charge >= 0.3 is 6.08 Å². The third-order valence-corrected chi connectivity index (χ3v) is 0.768. The molecule has 0 radical (unpaired) electrons. The summed E-state index contributed by atoms with van der Waals surface area (Å²) in [5.41, 5.74) is 0.0579. The van der Waals surface area contributed by atoms with E-state index in [2.05, 4.69) is 9.97 Å². The van der Waals surface area contributed by atoms with E-state index in [0.29, 0.717) is 6.29 Å². The molecule has 0 aromatic carbocycles. The van der Waals surface area contributed by atoms with Crippen LogP contribution < -0.4 is 0 Å². The van der Waals surface area contributed by atoms with E-state index in [4.69, 9.17) is 0 Å². The summed E-state index contributed by atoms with van der Waals surface area (Å²) in [7, 11) is 0. The van der Waals surface area contributed by atoms with Gasteiger partial charge in [-0.05, 0) is 6.07 Å². The summed E-state index contributed by atoms with van der Waals surface area (Å²) in [5, 5.41) is 0. The zero-order chi connectivity index (χ0) is 6.69. The first-order chi connectivity index (χ1) is 4.33. The Hall–Kier alpha value is -1.32. The van der Waals surface area contributed by atoms with Crippen molar-refractivity contribution in [3.05, 3.63) is 24.0 Å². The molecule has 0 N–H and O–H groups in total. The molecular formula is C5H3FN2O. The maximum absolute atomic E-state index is 12.0. The molecule has 46 valence electrons. The minimum atomic E-state index is -0.875. The van der Waals surface area contributed by atoms with Gasteiger partial charge in [-0.2, -0.15) is 9.37 Å². The number of halogens is 1. The second-order valence-electron chi connectivity index (χ2n) is 1.37. The maximum atomic E-state index is 12.0. The van der Waals surface area contributed by atoms with Crippen LogP contribution in [-0.4, -0.2) is 16.3 Å². The molecule has 1 aromatic rings. The molecule has 4 heteroatoms. The molecule has 0 fully saturated rings. The highest BCUT2D eigenvalue weighted by atomic mass is 19.1. The lowest BCUT2D eigenvalue weighted by Crippen LogP contribution is -1.92. The van der Waals surface area contributed by atoms with Crippen LogP contribution in [-0.2, 0) is 0 Å². The number of rotatable bonds is 1. The number of carbonyl (C=O) groups excluding carboxylic acids is 1. The van der Waals surface area contributed by atoms with E-state index in [-0.39, 0.29) is 5.69 Å². The first-order valence-corrected chi connectivity index (χ1v) is 2.26. The molecular weight excluding hydrogens is 123 g/mol. The molecule has 0 amide bonds. The number of carbonyl (C=O) groups is 1. The van der Waals surface area contributed by atoms with E-state index in [1.54, 1.807) is 0 Å². The molecule has 0 aliphatic heterocycles. The summed E-state index contributed by atoms with van der Waals surface area (Å²) in [4.78, 5) is 16.2. The zero-order valence-electron chi connectivity index (χ0n) is 4.41. The number of hydrogen-bond acceptors (Lipinski definition) is 3. The molecule has 0 bridgehead atoms. The smallest absolute Gasteiger partial charge is 0.296 e. The molecule has 0 spiro atoms. The molecule has 0 saturated carbocycles. The first kappa shape index (κ1) is 5.81. The van der Waals surface area contributed by atoms with Crippen LogP contribution in [0.4, 0.5) is 4.39 Å². The molecule has 0 aliphatic carbocycles. The molecule has 1 heterocycles. The fraction of sp³-hybridized carbons (Fsp3) is 0. The lowest BCUT2D eigenvalue weighted by atomic mass is 10.5. The molecule has 9 heavy (non-hydrogen) atoms. The van der Waals surface area contributed by atoms with Crippen molar-refractivity contribution < 1.29 is 9.18 Å². The van der Waals surface area contributed by atoms with Crippen LogP contribution in [0.1, 0.15) is 10.5 Å². The second kappa shape index (κ2) is 2.30. The van der Waals surface area contributed by atoms with Gasteiger partial charge in [-0.25, -0.2) is 4.98 Å².